The zero-order valence-corrected chi connectivity index (χ0v) is 17.1. The van der Waals surface area contributed by atoms with E-state index in [2.05, 4.69) is 0 Å². The van der Waals surface area contributed by atoms with E-state index in [0.29, 0.717) is 22.8 Å². The van der Waals surface area contributed by atoms with Crippen LogP contribution in [0.25, 0.3) is 6.08 Å². The molecule has 156 valence electrons. The molecule has 0 radical (unpaired) electrons. The Balaban J connectivity index is 2.29. The minimum Gasteiger partial charge on any atom is -0.493 e. The van der Waals surface area contributed by atoms with Crippen LogP contribution in [-0.2, 0) is 9.53 Å². The first-order chi connectivity index (χ1) is 14.5. The molecule has 8 heteroatoms. The topological polar surface area (TPSA) is 104 Å². The van der Waals surface area contributed by atoms with Crippen LogP contribution in [0.4, 0.5) is 0 Å². The lowest BCUT2D eigenvalue weighted by Crippen LogP contribution is -2.10. The highest BCUT2D eigenvalue weighted by atomic mass is 16.5. The van der Waals surface area contributed by atoms with E-state index in [1.54, 1.807) is 31.2 Å². The minimum atomic E-state index is -0.722. The standard InChI is InChI=1S/C22H21NO7/c1-5-29-21(24)16(13-23)9-14-7-6-8-17(10-14)30-22(25)15-11-18(26-2)20(28-4)19(12-15)27-3/h6-12H,5H2,1-4H3/b16-9+. The number of nitriles is 1. The third-order valence-corrected chi connectivity index (χ3v) is 3.90. The van der Waals surface area contributed by atoms with Crippen LogP contribution < -0.4 is 18.9 Å². The van der Waals surface area contributed by atoms with Gasteiger partial charge in [0.05, 0.1) is 33.5 Å². The second-order valence-corrected chi connectivity index (χ2v) is 5.77. The minimum absolute atomic E-state index is 0.157. The maximum Gasteiger partial charge on any atom is 0.348 e. The summed E-state index contributed by atoms with van der Waals surface area (Å²) in [5.74, 6) is -0.168. The van der Waals surface area contributed by atoms with Crippen LogP contribution in [0.15, 0.2) is 42.0 Å². The number of rotatable bonds is 8. The first-order valence-electron chi connectivity index (χ1n) is 8.88. The van der Waals surface area contributed by atoms with Gasteiger partial charge in [-0.15, -0.1) is 0 Å². The third-order valence-electron chi connectivity index (χ3n) is 3.90. The first kappa shape index (κ1) is 22.3. The van der Waals surface area contributed by atoms with Gasteiger partial charge in [-0.1, -0.05) is 12.1 Å². The molecule has 0 atom stereocenters. The molecular weight excluding hydrogens is 390 g/mol. The molecule has 0 aliphatic heterocycles. The van der Waals surface area contributed by atoms with Gasteiger partial charge in [-0.3, -0.25) is 0 Å². The molecule has 0 unspecified atom stereocenters. The maximum atomic E-state index is 12.6. The Hall–Kier alpha value is -3.99. The lowest BCUT2D eigenvalue weighted by Gasteiger charge is -2.13. The zero-order valence-electron chi connectivity index (χ0n) is 17.1. The van der Waals surface area contributed by atoms with Crippen LogP contribution in [0.2, 0.25) is 0 Å². The van der Waals surface area contributed by atoms with Gasteiger partial charge in [0.2, 0.25) is 5.75 Å². The first-order valence-corrected chi connectivity index (χ1v) is 8.88. The van der Waals surface area contributed by atoms with E-state index in [9.17, 15) is 9.59 Å². The summed E-state index contributed by atoms with van der Waals surface area (Å²) < 4.78 is 26.0. The zero-order chi connectivity index (χ0) is 22.1. The van der Waals surface area contributed by atoms with Gasteiger partial charge in [-0.25, -0.2) is 9.59 Å². The molecule has 0 bridgehead atoms. The van der Waals surface area contributed by atoms with Crippen molar-refractivity contribution in [3.05, 3.63) is 53.1 Å². The molecule has 2 aromatic rings. The Bertz CT molecular complexity index is 980. The number of ether oxygens (including phenoxy) is 5. The van der Waals surface area contributed by atoms with Crippen molar-refractivity contribution in [3.8, 4) is 29.1 Å². The Morgan fingerprint density at radius 1 is 1.03 bits per heavy atom. The summed E-state index contributed by atoms with van der Waals surface area (Å²) in [4.78, 5) is 24.4. The molecule has 0 N–H and O–H groups in total. The van der Waals surface area contributed by atoms with E-state index < -0.39 is 11.9 Å². The van der Waals surface area contributed by atoms with E-state index >= 15 is 0 Å². The van der Waals surface area contributed by atoms with Gasteiger partial charge in [0, 0.05) is 0 Å². The van der Waals surface area contributed by atoms with E-state index in [-0.39, 0.29) is 23.5 Å². The fourth-order valence-corrected chi connectivity index (χ4v) is 2.55. The van der Waals surface area contributed by atoms with Crippen molar-refractivity contribution in [2.45, 2.75) is 6.92 Å². The van der Waals surface area contributed by atoms with Crippen LogP contribution in [0.1, 0.15) is 22.8 Å². The Morgan fingerprint density at radius 2 is 1.70 bits per heavy atom. The van der Waals surface area contributed by atoms with Crippen molar-refractivity contribution in [2.24, 2.45) is 0 Å². The number of nitrogens with zero attached hydrogens (tertiary/aromatic N) is 1. The van der Waals surface area contributed by atoms with Crippen molar-refractivity contribution in [2.75, 3.05) is 27.9 Å². The summed E-state index contributed by atoms with van der Waals surface area (Å²) in [5.41, 5.74) is 0.523. The van der Waals surface area contributed by atoms with E-state index in [0.717, 1.165) is 0 Å². The molecular formula is C22H21NO7. The van der Waals surface area contributed by atoms with Gasteiger partial charge in [0.25, 0.3) is 0 Å². The predicted molar refractivity (Wildman–Crippen MR) is 108 cm³/mol. The number of hydrogen-bond donors (Lipinski definition) is 0. The number of hydrogen-bond acceptors (Lipinski definition) is 8. The third kappa shape index (κ3) is 5.29. The second kappa shape index (κ2) is 10.5. The lowest BCUT2D eigenvalue weighted by atomic mass is 10.1. The van der Waals surface area contributed by atoms with E-state index in [1.807, 2.05) is 0 Å². The molecule has 0 saturated heterocycles. The molecule has 0 saturated carbocycles. The maximum absolute atomic E-state index is 12.6. The van der Waals surface area contributed by atoms with Crippen molar-refractivity contribution in [1.29, 1.82) is 5.26 Å². The highest BCUT2D eigenvalue weighted by molar-refractivity contribution is 5.98. The Morgan fingerprint density at radius 3 is 2.23 bits per heavy atom. The second-order valence-electron chi connectivity index (χ2n) is 5.77. The van der Waals surface area contributed by atoms with Crippen LogP contribution in [-0.4, -0.2) is 39.9 Å². The number of carbonyl (C=O) groups excluding carboxylic acids is 2. The summed E-state index contributed by atoms with van der Waals surface area (Å²) in [6.45, 7) is 1.81. The fraction of sp³-hybridized carbons (Fsp3) is 0.227. The molecule has 2 aromatic carbocycles. The SMILES string of the molecule is CCOC(=O)/C(C#N)=C/c1cccc(OC(=O)c2cc(OC)c(OC)c(OC)c2)c1. The summed E-state index contributed by atoms with van der Waals surface area (Å²) >= 11 is 0. The molecule has 30 heavy (non-hydrogen) atoms. The summed E-state index contributed by atoms with van der Waals surface area (Å²) in [5, 5.41) is 9.15. The van der Waals surface area contributed by atoms with E-state index in [1.165, 1.54) is 45.6 Å². The van der Waals surface area contributed by atoms with Crippen LogP contribution in [0.5, 0.6) is 23.0 Å². The van der Waals surface area contributed by atoms with Crippen LogP contribution in [0, 0.1) is 11.3 Å². The Kier molecular flexibility index (Phi) is 7.82. The molecule has 0 aliphatic rings. The summed E-state index contributed by atoms with van der Waals surface area (Å²) in [6.07, 6.45) is 1.36. The Labute approximate surface area is 174 Å². The van der Waals surface area contributed by atoms with Gasteiger partial charge in [-0.2, -0.15) is 5.26 Å². The summed E-state index contributed by atoms with van der Waals surface area (Å²) in [6, 6.07) is 11.1. The largest absolute Gasteiger partial charge is 0.493 e. The highest BCUT2D eigenvalue weighted by Gasteiger charge is 2.18. The van der Waals surface area contributed by atoms with Gasteiger partial charge in [0.1, 0.15) is 17.4 Å². The molecule has 0 spiro atoms. The average molecular weight is 411 g/mol. The van der Waals surface area contributed by atoms with Gasteiger partial charge in [0.15, 0.2) is 11.5 Å². The van der Waals surface area contributed by atoms with Gasteiger partial charge >= 0.3 is 11.9 Å². The molecule has 0 amide bonds. The molecule has 0 aliphatic carbocycles. The van der Waals surface area contributed by atoms with Gasteiger partial charge < -0.3 is 23.7 Å². The van der Waals surface area contributed by atoms with Crippen molar-refractivity contribution in [1.82, 2.24) is 0 Å². The fourth-order valence-electron chi connectivity index (χ4n) is 2.55. The average Bonchev–Trinajstić information content (AvgIpc) is 2.76. The summed E-state index contributed by atoms with van der Waals surface area (Å²) in [7, 11) is 4.35. The van der Waals surface area contributed by atoms with Crippen LogP contribution in [0.3, 0.4) is 0 Å². The number of methoxy groups -OCH3 is 3. The molecule has 2 rings (SSSR count). The highest BCUT2D eigenvalue weighted by Crippen LogP contribution is 2.38. The quantitative estimate of drug-likeness (QED) is 0.282. The smallest absolute Gasteiger partial charge is 0.348 e. The number of benzene rings is 2. The molecule has 8 nitrogen and oxygen atoms in total. The van der Waals surface area contributed by atoms with E-state index in [4.69, 9.17) is 28.9 Å². The monoisotopic (exact) mass is 411 g/mol. The molecule has 0 fully saturated rings. The number of esters is 2. The van der Waals surface area contributed by atoms with Crippen molar-refractivity contribution < 1.29 is 33.3 Å². The van der Waals surface area contributed by atoms with Crippen LogP contribution >= 0.6 is 0 Å². The van der Waals surface area contributed by atoms with Gasteiger partial charge in [-0.05, 0) is 42.8 Å². The normalized spacial score (nSPS) is 10.6. The predicted octanol–water partition coefficient (Wildman–Crippen LogP) is 3.40. The molecule has 0 heterocycles. The lowest BCUT2D eigenvalue weighted by molar-refractivity contribution is -0.137. The number of carbonyl (C=O) groups is 2. The van der Waals surface area contributed by atoms with Crippen molar-refractivity contribution >= 4 is 18.0 Å². The van der Waals surface area contributed by atoms with Crippen molar-refractivity contribution in [3.63, 3.8) is 0 Å². The molecule has 0 aromatic heterocycles.